The number of hydrogen-bond donors (Lipinski definition) is 2. The third-order valence-corrected chi connectivity index (χ3v) is 8.56. The Morgan fingerprint density at radius 2 is 1.91 bits per heavy atom. The highest BCUT2D eigenvalue weighted by Gasteiger charge is 2.35. The van der Waals surface area contributed by atoms with Crippen LogP contribution in [0.25, 0.3) is 5.65 Å². The van der Waals surface area contributed by atoms with E-state index in [0.29, 0.717) is 53.2 Å². The van der Waals surface area contributed by atoms with E-state index in [2.05, 4.69) is 56.7 Å². The van der Waals surface area contributed by atoms with Gasteiger partial charge < -0.3 is 25.2 Å². The van der Waals surface area contributed by atoms with Crippen molar-refractivity contribution in [3.63, 3.8) is 0 Å². The van der Waals surface area contributed by atoms with Crippen molar-refractivity contribution in [1.82, 2.24) is 24.9 Å². The summed E-state index contributed by atoms with van der Waals surface area (Å²) in [7, 11) is 1.66. The van der Waals surface area contributed by atoms with Crippen LogP contribution >= 0.6 is 0 Å². The second-order valence-electron chi connectivity index (χ2n) is 11.7. The Morgan fingerprint density at radius 1 is 1.09 bits per heavy atom. The maximum absolute atomic E-state index is 10.00. The number of nitriles is 2. The number of methoxy groups -OCH3 is 1. The number of piperazine rings is 1. The van der Waals surface area contributed by atoms with Crippen LogP contribution in [0.4, 0.5) is 23.3 Å². The summed E-state index contributed by atoms with van der Waals surface area (Å²) in [5.74, 6) is 2.24. The number of hydrogen-bond acceptors (Lipinski definition) is 10. The van der Waals surface area contributed by atoms with Crippen LogP contribution in [0.3, 0.4) is 0 Å². The van der Waals surface area contributed by atoms with Crippen molar-refractivity contribution in [2.75, 3.05) is 41.9 Å². The Labute approximate surface area is 250 Å². The van der Waals surface area contributed by atoms with Gasteiger partial charge in [-0.2, -0.15) is 30.1 Å². The first kappa shape index (κ1) is 27.0. The van der Waals surface area contributed by atoms with Gasteiger partial charge in [-0.1, -0.05) is 12.1 Å². The van der Waals surface area contributed by atoms with Crippen molar-refractivity contribution in [1.29, 1.82) is 10.5 Å². The van der Waals surface area contributed by atoms with Crippen LogP contribution in [-0.4, -0.2) is 58.4 Å². The molecule has 2 aromatic carbocycles. The van der Waals surface area contributed by atoms with Gasteiger partial charge in [0.2, 0.25) is 11.9 Å². The van der Waals surface area contributed by atoms with Crippen molar-refractivity contribution in [3.05, 3.63) is 64.8 Å². The minimum Gasteiger partial charge on any atom is -0.497 e. The third kappa shape index (κ3) is 5.28. The summed E-state index contributed by atoms with van der Waals surface area (Å²) in [5.41, 5.74) is 5.73. The molecule has 2 aliphatic carbocycles. The van der Waals surface area contributed by atoms with Gasteiger partial charge in [0.1, 0.15) is 17.4 Å². The highest BCUT2D eigenvalue weighted by Crippen LogP contribution is 2.49. The number of benzene rings is 2. The Kier molecular flexibility index (Phi) is 6.96. The van der Waals surface area contributed by atoms with Crippen LogP contribution in [-0.2, 0) is 6.54 Å². The molecule has 2 saturated carbocycles. The first-order valence-corrected chi connectivity index (χ1v) is 14.9. The summed E-state index contributed by atoms with van der Waals surface area (Å²) in [4.78, 5) is 14.5. The van der Waals surface area contributed by atoms with Gasteiger partial charge in [0.05, 0.1) is 24.9 Å². The normalized spacial score (nSPS) is 18.2. The zero-order chi connectivity index (χ0) is 29.5. The average Bonchev–Trinajstić information content (AvgIpc) is 3.98. The molecule has 4 aromatic rings. The summed E-state index contributed by atoms with van der Waals surface area (Å²) < 4.78 is 7.02. The van der Waals surface area contributed by atoms with E-state index in [1.807, 2.05) is 24.3 Å². The van der Waals surface area contributed by atoms with Crippen molar-refractivity contribution < 1.29 is 4.74 Å². The Hall–Kier alpha value is -4.87. The largest absolute Gasteiger partial charge is 0.497 e. The lowest BCUT2D eigenvalue weighted by molar-refractivity contribution is 0.414. The maximum Gasteiger partial charge on any atom is 0.232 e. The fourth-order valence-electron chi connectivity index (χ4n) is 6.02. The monoisotopic (exact) mass is 574 g/mol. The molecular weight excluding hydrogens is 540 g/mol. The number of nitrogens with zero attached hydrogens (tertiary/aromatic N) is 8. The highest BCUT2D eigenvalue weighted by atomic mass is 16.5. The molecule has 43 heavy (non-hydrogen) atoms. The predicted molar refractivity (Wildman–Crippen MR) is 164 cm³/mol. The molecule has 3 aliphatic rings. The second-order valence-corrected chi connectivity index (χ2v) is 11.7. The van der Waals surface area contributed by atoms with Crippen molar-refractivity contribution in [2.45, 2.75) is 57.2 Å². The molecule has 0 spiro atoms. The lowest BCUT2D eigenvalue weighted by Crippen LogP contribution is -2.50. The molecule has 1 aliphatic heterocycles. The van der Waals surface area contributed by atoms with Crippen LogP contribution in [0.15, 0.2) is 42.6 Å². The van der Waals surface area contributed by atoms with Crippen LogP contribution < -0.4 is 25.2 Å². The molecule has 0 radical (unpaired) electrons. The van der Waals surface area contributed by atoms with E-state index in [0.717, 1.165) is 68.0 Å². The second kappa shape index (κ2) is 11.1. The minimum atomic E-state index is 0.308. The number of fused-ring (bicyclic) bond motifs is 1. The summed E-state index contributed by atoms with van der Waals surface area (Å²) in [6.07, 6.45) is 5.87. The van der Waals surface area contributed by atoms with Crippen LogP contribution in [0, 0.1) is 22.7 Å². The van der Waals surface area contributed by atoms with Crippen molar-refractivity contribution in [3.8, 4) is 17.9 Å². The molecule has 3 fully saturated rings. The quantitative estimate of drug-likeness (QED) is 0.295. The average molecular weight is 575 g/mol. The molecule has 0 bridgehead atoms. The van der Waals surface area contributed by atoms with E-state index in [-0.39, 0.29) is 0 Å². The molecule has 7 rings (SSSR count). The fraction of sp³-hybridized carbons (Fsp3) is 0.406. The maximum atomic E-state index is 10.00. The molecule has 218 valence electrons. The van der Waals surface area contributed by atoms with Crippen LogP contribution in [0.5, 0.6) is 5.75 Å². The Bertz CT molecular complexity index is 1740. The lowest BCUT2D eigenvalue weighted by Gasteiger charge is -2.38. The standard InChI is InChI=1S/C32H34N10O/c1-20-17-35-11-12-40(20)28-14-22(15-33)13-27(29(28)23-5-6-23)37-31-38-30-24(16-34)18-36-42(30)32(39-31)41(25-7-8-25)19-21-3-9-26(43-2)10-4-21/h3-4,9-10,13-14,18,20,23,25,35H,5-8,11-12,17,19H2,1-2H3,(H,37,38)/t20-/m0/s1. The lowest BCUT2D eigenvalue weighted by atomic mass is 9.99. The number of aromatic nitrogens is 4. The number of nitrogens with one attached hydrogen (secondary N) is 2. The molecule has 2 N–H and O–H groups in total. The molecule has 0 amide bonds. The fourth-order valence-corrected chi connectivity index (χ4v) is 6.02. The van der Waals surface area contributed by atoms with Crippen LogP contribution in [0.1, 0.15) is 60.8 Å². The molecule has 11 heteroatoms. The summed E-state index contributed by atoms with van der Waals surface area (Å²) >= 11 is 0. The van der Waals surface area contributed by atoms with Gasteiger partial charge in [0, 0.05) is 55.2 Å². The zero-order valence-electron chi connectivity index (χ0n) is 24.4. The van der Waals surface area contributed by atoms with Gasteiger partial charge in [0.25, 0.3) is 0 Å². The molecular formula is C32H34N10O. The first-order valence-electron chi connectivity index (χ1n) is 14.9. The van der Waals surface area contributed by atoms with Gasteiger partial charge in [0.15, 0.2) is 5.65 Å². The van der Waals surface area contributed by atoms with E-state index in [1.165, 1.54) is 5.56 Å². The third-order valence-electron chi connectivity index (χ3n) is 8.56. The molecule has 1 saturated heterocycles. The van der Waals surface area contributed by atoms with Gasteiger partial charge in [-0.15, -0.1) is 0 Å². The summed E-state index contributed by atoms with van der Waals surface area (Å²) in [6, 6.07) is 17.2. The highest BCUT2D eigenvalue weighted by molar-refractivity contribution is 5.76. The molecule has 3 heterocycles. The van der Waals surface area contributed by atoms with Gasteiger partial charge >= 0.3 is 0 Å². The van der Waals surface area contributed by atoms with E-state index in [1.54, 1.807) is 17.8 Å². The van der Waals surface area contributed by atoms with Crippen molar-refractivity contribution in [2.24, 2.45) is 0 Å². The molecule has 1 atom stereocenters. The van der Waals surface area contributed by atoms with Gasteiger partial charge in [-0.05, 0) is 68.4 Å². The number of anilines is 4. The topological polar surface area (TPSA) is 130 Å². The minimum absolute atomic E-state index is 0.308. The molecule has 11 nitrogen and oxygen atoms in total. The zero-order valence-corrected chi connectivity index (χ0v) is 24.4. The summed E-state index contributed by atoms with van der Waals surface area (Å²) in [5, 5.41) is 31.4. The SMILES string of the molecule is COc1ccc(CN(c2nc(Nc3cc(C#N)cc(N4CCNC[C@@H]4C)c3C3CC3)nc3c(C#N)cnn23)C2CC2)cc1. The van der Waals surface area contributed by atoms with Crippen LogP contribution in [0.2, 0.25) is 0 Å². The smallest absolute Gasteiger partial charge is 0.232 e. The molecule has 2 aromatic heterocycles. The Balaban J connectivity index is 1.32. The van der Waals surface area contributed by atoms with E-state index in [9.17, 15) is 10.5 Å². The van der Waals surface area contributed by atoms with Crippen molar-refractivity contribution >= 4 is 28.9 Å². The molecule has 0 unspecified atom stereocenters. The van der Waals surface area contributed by atoms with E-state index in [4.69, 9.17) is 14.7 Å². The van der Waals surface area contributed by atoms with Gasteiger partial charge in [-0.3, -0.25) is 0 Å². The first-order chi connectivity index (χ1) is 21.1. The summed E-state index contributed by atoms with van der Waals surface area (Å²) in [6.45, 7) is 5.53. The van der Waals surface area contributed by atoms with E-state index < -0.39 is 0 Å². The van der Waals surface area contributed by atoms with E-state index >= 15 is 0 Å². The number of ether oxygens (including phenoxy) is 1. The van der Waals surface area contributed by atoms with Gasteiger partial charge in [-0.25, -0.2) is 0 Å². The predicted octanol–water partition coefficient (Wildman–Crippen LogP) is 4.46. The Morgan fingerprint density at radius 3 is 2.58 bits per heavy atom. The number of rotatable bonds is 9.